The van der Waals surface area contributed by atoms with Gasteiger partial charge in [-0.1, -0.05) is 48.0 Å². The quantitative estimate of drug-likeness (QED) is 0.717. The van der Waals surface area contributed by atoms with Crippen LogP contribution in [0.25, 0.3) is 16.2 Å². The normalized spacial score (nSPS) is 13.0. The zero-order chi connectivity index (χ0) is 13.4. The van der Waals surface area contributed by atoms with Crippen molar-refractivity contribution in [3.8, 4) is 11.1 Å². The van der Waals surface area contributed by atoms with Crippen LogP contribution in [0.5, 0.6) is 0 Å². The van der Waals surface area contributed by atoms with Crippen molar-refractivity contribution in [2.24, 2.45) is 0 Å². The molecule has 2 nitrogen and oxygen atoms in total. The van der Waals surface area contributed by atoms with Gasteiger partial charge in [0.1, 0.15) is 0 Å². The molecule has 0 aliphatic heterocycles. The van der Waals surface area contributed by atoms with Crippen molar-refractivity contribution in [1.82, 2.24) is 0 Å². The molecule has 0 bridgehead atoms. The van der Waals surface area contributed by atoms with E-state index >= 15 is 0 Å². The Morgan fingerprint density at radius 2 is 1.84 bits per heavy atom. The summed E-state index contributed by atoms with van der Waals surface area (Å²) in [6.07, 6.45) is 1.89. The zero-order valence-corrected chi connectivity index (χ0v) is 10.8. The maximum Gasteiger partial charge on any atom is 0.329 e. The molecule has 0 amide bonds. The highest BCUT2D eigenvalue weighted by molar-refractivity contribution is 6.50. The molecule has 1 N–H and O–H groups in total. The molecule has 0 atom stereocenters. The maximum atomic E-state index is 10.6. The fraction of sp³-hybridized carbons (Fsp3) is 0.0625. The van der Waals surface area contributed by atoms with E-state index in [0.717, 1.165) is 18.1 Å². The molecular formula is C16H11ClO2. The summed E-state index contributed by atoms with van der Waals surface area (Å²) in [5.74, 6) is -1.03. The summed E-state index contributed by atoms with van der Waals surface area (Å²) in [5, 5.41) is 8.98. The van der Waals surface area contributed by atoms with E-state index in [2.05, 4.69) is 12.1 Å². The third-order valence-corrected chi connectivity index (χ3v) is 3.65. The maximum absolute atomic E-state index is 10.6. The second-order valence-electron chi connectivity index (χ2n) is 4.54. The van der Waals surface area contributed by atoms with Crippen molar-refractivity contribution in [3.05, 3.63) is 65.2 Å². The van der Waals surface area contributed by atoms with Gasteiger partial charge in [0.25, 0.3) is 0 Å². The second kappa shape index (κ2) is 4.56. The molecule has 0 heterocycles. The van der Waals surface area contributed by atoms with Crippen molar-refractivity contribution < 1.29 is 9.90 Å². The zero-order valence-electron chi connectivity index (χ0n) is 10.1. The van der Waals surface area contributed by atoms with Crippen molar-refractivity contribution in [3.63, 3.8) is 0 Å². The van der Waals surface area contributed by atoms with Crippen LogP contribution in [0.1, 0.15) is 16.7 Å². The highest BCUT2D eigenvalue weighted by atomic mass is 35.5. The first-order valence-electron chi connectivity index (χ1n) is 5.97. The molecule has 0 aromatic heterocycles. The Bertz CT molecular complexity index is 702. The number of aliphatic carboxylic acids is 1. The molecule has 3 rings (SSSR count). The summed E-state index contributed by atoms with van der Waals surface area (Å²) in [6, 6.07) is 14.1. The first-order valence-corrected chi connectivity index (χ1v) is 6.34. The molecule has 0 saturated carbocycles. The number of carboxylic acid groups (broad SMARTS) is 1. The molecule has 0 fully saturated rings. The number of fused-ring (bicyclic) bond motifs is 3. The molecule has 0 spiro atoms. The van der Waals surface area contributed by atoms with Gasteiger partial charge in [-0.3, -0.25) is 0 Å². The number of hydrogen-bond acceptors (Lipinski definition) is 1. The van der Waals surface area contributed by atoms with E-state index in [0.29, 0.717) is 0 Å². The molecule has 0 radical (unpaired) electrons. The van der Waals surface area contributed by atoms with Crippen molar-refractivity contribution >= 4 is 22.6 Å². The first kappa shape index (κ1) is 12.0. The van der Waals surface area contributed by atoms with E-state index < -0.39 is 5.97 Å². The number of halogens is 1. The van der Waals surface area contributed by atoms with Crippen molar-refractivity contribution in [2.75, 3.05) is 0 Å². The fourth-order valence-corrected chi connectivity index (χ4v) is 2.70. The summed E-state index contributed by atoms with van der Waals surface area (Å²) in [4.78, 5) is 10.6. The van der Waals surface area contributed by atoms with Crippen molar-refractivity contribution in [2.45, 2.75) is 6.42 Å². The van der Waals surface area contributed by atoms with Crippen LogP contribution in [-0.2, 0) is 11.2 Å². The summed E-state index contributed by atoms with van der Waals surface area (Å²) in [5.41, 5.74) is 5.70. The lowest BCUT2D eigenvalue weighted by Crippen LogP contribution is -1.90. The molecule has 2 aromatic carbocycles. The summed E-state index contributed by atoms with van der Waals surface area (Å²) in [7, 11) is 0. The highest BCUT2D eigenvalue weighted by Gasteiger charge is 2.18. The minimum atomic E-state index is -1.03. The van der Waals surface area contributed by atoms with Crippen LogP contribution in [0.15, 0.2) is 48.5 Å². The fourth-order valence-electron chi connectivity index (χ4n) is 2.49. The number of rotatable bonds is 2. The Hall–Kier alpha value is -2.06. The molecule has 94 valence electrons. The Labute approximate surface area is 116 Å². The molecular weight excluding hydrogens is 260 g/mol. The van der Waals surface area contributed by atoms with Gasteiger partial charge >= 0.3 is 5.97 Å². The van der Waals surface area contributed by atoms with Gasteiger partial charge in [0.05, 0.1) is 5.03 Å². The predicted octanol–water partition coefficient (Wildman–Crippen LogP) is 3.92. The largest absolute Gasteiger partial charge is 0.478 e. The van der Waals surface area contributed by atoms with E-state index in [4.69, 9.17) is 16.7 Å². The van der Waals surface area contributed by atoms with E-state index in [1.165, 1.54) is 22.3 Å². The van der Waals surface area contributed by atoms with Gasteiger partial charge in [0.2, 0.25) is 0 Å². The van der Waals surface area contributed by atoms with Gasteiger partial charge in [-0.15, -0.1) is 0 Å². The Morgan fingerprint density at radius 1 is 1.11 bits per heavy atom. The number of hydrogen-bond donors (Lipinski definition) is 1. The lowest BCUT2D eigenvalue weighted by Gasteiger charge is -2.04. The average molecular weight is 271 g/mol. The van der Waals surface area contributed by atoms with Gasteiger partial charge in [0, 0.05) is 6.08 Å². The molecule has 3 heteroatoms. The van der Waals surface area contributed by atoms with E-state index in [-0.39, 0.29) is 5.03 Å². The number of benzene rings is 2. The number of carboxylic acids is 1. The van der Waals surface area contributed by atoms with Crippen LogP contribution >= 0.6 is 11.6 Å². The monoisotopic (exact) mass is 270 g/mol. The summed E-state index contributed by atoms with van der Waals surface area (Å²) in [6.45, 7) is 0. The van der Waals surface area contributed by atoms with Crippen LogP contribution in [0.3, 0.4) is 0 Å². The second-order valence-corrected chi connectivity index (χ2v) is 4.94. The lowest BCUT2D eigenvalue weighted by molar-refractivity contribution is -0.131. The van der Waals surface area contributed by atoms with E-state index in [1.54, 1.807) is 0 Å². The van der Waals surface area contributed by atoms with Gasteiger partial charge in [0.15, 0.2) is 0 Å². The number of carbonyl (C=O) groups is 1. The third kappa shape index (κ3) is 2.15. The van der Waals surface area contributed by atoms with Crippen molar-refractivity contribution in [1.29, 1.82) is 0 Å². The Balaban J connectivity index is 2.05. The van der Waals surface area contributed by atoms with Crippen LogP contribution in [0.2, 0.25) is 0 Å². The molecule has 2 aromatic rings. The van der Waals surface area contributed by atoms with Crippen LogP contribution in [-0.4, -0.2) is 11.1 Å². The minimum absolute atomic E-state index is 0.256. The van der Waals surface area contributed by atoms with Crippen LogP contribution in [0, 0.1) is 0 Å². The summed E-state index contributed by atoms with van der Waals surface area (Å²) >= 11 is 5.99. The predicted molar refractivity (Wildman–Crippen MR) is 76.1 cm³/mol. The molecule has 1 aliphatic rings. The van der Waals surface area contributed by atoms with Gasteiger partial charge < -0.3 is 5.11 Å². The minimum Gasteiger partial charge on any atom is -0.478 e. The molecule has 0 saturated heterocycles. The van der Waals surface area contributed by atoms with Gasteiger partial charge in [-0.2, -0.15) is 0 Å². The Kier molecular flexibility index (Phi) is 2.88. The van der Waals surface area contributed by atoms with Gasteiger partial charge in [-0.25, -0.2) is 4.79 Å². The molecule has 1 aliphatic carbocycles. The van der Waals surface area contributed by atoms with E-state index in [1.807, 2.05) is 30.3 Å². The summed E-state index contributed by atoms with van der Waals surface area (Å²) < 4.78 is 0. The SMILES string of the molecule is O=C(O)/C=C(/Cl)c1ccc2c(c1)Cc1ccccc1-2. The highest BCUT2D eigenvalue weighted by Crippen LogP contribution is 2.37. The van der Waals surface area contributed by atoms with Crippen LogP contribution in [0.4, 0.5) is 0 Å². The topological polar surface area (TPSA) is 37.3 Å². The van der Waals surface area contributed by atoms with E-state index in [9.17, 15) is 4.79 Å². The third-order valence-electron chi connectivity index (χ3n) is 3.32. The Morgan fingerprint density at radius 3 is 2.63 bits per heavy atom. The molecule has 19 heavy (non-hydrogen) atoms. The first-order chi connectivity index (χ1) is 9.15. The molecule has 0 unspecified atom stereocenters. The lowest BCUT2D eigenvalue weighted by atomic mass is 10.0. The van der Waals surface area contributed by atoms with Crippen LogP contribution < -0.4 is 0 Å². The van der Waals surface area contributed by atoms with Gasteiger partial charge in [-0.05, 0) is 40.3 Å². The smallest absolute Gasteiger partial charge is 0.329 e. The standard InChI is InChI=1S/C16H11ClO2/c17-15(9-16(18)19)11-5-6-14-12(8-11)7-10-3-1-2-4-13(10)14/h1-6,8-9H,7H2,(H,18,19)/b15-9+. The average Bonchev–Trinajstić information content (AvgIpc) is 2.75.